The molecule has 1 aromatic rings. The highest BCUT2D eigenvalue weighted by Gasteiger charge is 2.26. The Hall–Kier alpha value is -1.53. The molecule has 1 aliphatic rings. The summed E-state index contributed by atoms with van der Waals surface area (Å²) in [4.78, 5) is 14.0. The normalized spacial score (nSPS) is 16.7. The molecule has 0 unspecified atom stereocenters. The van der Waals surface area contributed by atoms with Gasteiger partial charge in [0.15, 0.2) is 0 Å². The van der Waals surface area contributed by atoms with Gasteiger partial charge in [-0.2, -0.15) is 0 Å². The number of carbonyl (C=O) groups excluding carboxylic acids is 1. The summed E-state index contributed by atoms with van der Waals surface area (Å²) < 4.78 is 25.0. The van der Waals surface area contributed by atoms with Crippen LogP contribution in [0.15, 0.2) is 18.2 Å². The van der Waals surface area contributed by atoms with E-state index in [9.17, 15) is 9.18 Å². The van der Waals surface area contributed by atoms with Gasteiger partial charge in [0.25, 0.3) is 0 Å². The molecule has 1 saturated heterocycles. The summed E-state index contributed by atoms with van der Waals surface area (Å²) in [5.74, 6) is 0.221. The van der Waals surface area contributed by atoms with Crippen LogP contribution < -0.4 is 10.1 Å². The van der Waals surface area contributed by atoms with Crippen molar-refractivity contribution in [2.75, 3.05) is 26.2 Å². The maximum Gasteiger partial charge on any atom is 0.410 e. The number of unbranched alkanes of at least 4 members (excludes halogenated alkanes) is 2. The van der Waals surface area contributed by atoms with Crippen molar-refractivity contribution in [3.05, 3.63) is 29.6 Å². The standard InChI is InChI=1S/C19H29FN2O3.ClH/c1-3-5-6-11-24-17-7-8-18(20)15(12-17)14-25-19(23)22-10-9-21-13-16(22)4-2;/h7-8,12,16,21H,3-6,9-11,13-14H2,1-2H3;1H/t16-;/m1./s1. The molecule has 0 saturated carbocycles. The first-order valence-corrected chi connectivity index (χ1v) is 9.21. The molecule has 1 heterocycles. The number of nitrogens with zero attached hydrogens (tertiary/aromatic N) is 1. The topological polar surface area (TPSA) is 50.8 Å². The number of benzene rings is 1. The van der Waals surface area contributed by atoms with Crippen molar-refractivity contribution in [2.45, 2.75) is 52.2 Å². The van der Waals surface area contributed by atoms with E-state index in [0.717, 1.165) is 38.8 Å². The summed E-state index contributed by atoms with van der Waals surface area (Å²) in [6.07, 6.45) is 3.67. The zero-order valence-electron chi connectivity index (χ0n) is 15.6. The number of halogens is 2. The molecule has 1 fully saturated rings. The largest absolute Gasteiger partial charge is 0.494 e. The fraction of sp³-hybridized carbons (Fsp3) is 0.632. The quantitative estimate of drug-likeness (QED) is 0.680. The SMILES string of the molecule is CCCCCOc1ccc(F)c(COC(=O)N2CCNC[C@H]2CC)c1.Cl. The van der Waals surface area contributed by atoms with Gasteiger partial charge in [0, 0.05) is 31.2 Å². The number of hydrogen-bond acceptors (Lipinski definition) is 4. The van der Waals surface area contributed by atoms with E-state index in [4.69, 9.17) is 9.47 Å². The predicted octanol–water partition coefficient (Wildman–Crippen LogP) is 4.14. The van der Waals surface area contributed by atoms with E-state index in [-0.39, 0.29) is 37.0 Å². The van der Waals surface area contributed by atoms with Crippen LogP contribution in [0.1, 0.15) is 45.1 Å². The van der Waals surface area contributed by atoms with E-state index in [1.54, 1.807) is 17.0 Å². The lowest BCUT2D eigenvalue weighted by Crippen LogP contribution is -2.53. The smallest absolute Gasteiger partial charge is 0.410 e. The van der Waals surface area contributed by atoms with Crippen molar-refractivity contribution in [2.24, 2.45) is 0 Å². The summed E-state index contributed by atoms with van der Waals surface area (Å²) >= 11 is 0. The first-order valence-electron chi connectivity index (χ1n) is 9.21. The third-order valence-corrected chi connectivity index (χ3v) is 4.44. The number of carbonyl (C=O) groups is 1. The highest BCUT2D eigenvalue weighted by molar-refractivity contribution is 5.85. The average Bonchev–Trinajstić information content (AvgIpc) is 2.65. The molecule has 1 aliphatic heterocycles. The average molecular weight is 389 g/mol. The van der Waals surface area contributed by atoms with Crippen LogP contribution in [0.5, 0.6) is 5.75 Å². The van der Waals surface area contributed by atoms with Crippen LogP contribution in [-0.4, -0.2) is 43.3 Å². The van der Waals surface area contributed by atoms with Gasteiger partial charge in [-0.05, 0) is 31.0 Å². The van der Waals surface area contributed by atoms with E-state index in [1.807, 2.05) is 6.92 Å². The molecule has 0 aliphatic carbocycles. The molecule has 0 bridgehead atoms. The Bertz CT molecular complexity index is 560. The van der Waals surface area contributed by atoms with Crippen LogP contribution in [0.25, 0.3) is 0 Å². The van der Waals surface area contributed by atoms with Gasteiger partial charge in [0.2, 0.25) is 0 Å². The van der Waals surface area contributed by atoms with Crippen molar-refractivity contribution in [1.29, 1.82) is 0 Å². The molecule has 0 spiro atoms. The Labute approximate surface area is 161 Å². The van der Waals surface area contributed by atoms with Crippen molar-refractivity contribution in [3.8, 4) is 5.75 Å². The van der Waals surface area contributed by atoms with E-state index in [1.165, 1.54) is 6.07 Å². The van der Waals surface area contributed by atoms with Gasteiger partial charge in [-0.15, -0.1) is 12.4 Å². The van der Waals surface area contributed by atoms with E-state index >= 15 is 0 Å². The second-order valence-corrected chi connectivity index (χ2v) is 6.32. The molecular weight excluding hydrogens is 359 g/mol. The third-order valence-electron chi connectivity index (χ3n) is 4.44. The zero-order valence-corrected chi connectivity index (χ0v) is 16.4. The van der Waals surface area contributed by atoms with Crippen LogP contribution in [0.4, 0.5) is 9.18 Å². The van der Waals surface area contributed by atoms with Crippen LogP contribution in [0, 0.1) is 5.82 Å². The molecule has 7 heteroatoms. The summed E-state index contributed by atoms with van der Waals surface area (Å²) in [5, 5.41) is 3.26. The minimum Gasteiger partial charge on any atom is -0.494 e. The second kappa shape index (κ2) is 12.0. The Balaban J connectivity index is 0.00000338. The van der Waals surface area contributed by atoms with E-state index < -0.39 is 0 Å². The van der Waals surface area contributed by atoms with Crippen LogP contribution in [-0.2, 0) is 11.3 Å². The minimum absolute atomic E-state index is 0. The molecule has 2 rings (SSSR count). The van der Waals surface area contributed by atoms with Gasteiger partial charge in [0.05, 0.1) is 6.61 Å². The van der Waals surface area contributed by atoms with Crippen molar-refractivity contribution >= 4 is 18.5 Å². The van der Waals surface area contributed by atoms with Gasteiger partial charge < -0.3 is 19.7 Å². The lowest BCUT2D eigenvalue weighted by Gasteiger charge is -2.34. The Morgan fingerprint density at radius 1 is 1.35 bits per heavy atom. The van der Waals surface area contributed by atoms with E-state index in [0.29, 0.717) is 24.5 Å². The monoisotopic (exact) mass is 388 g/mol. The molecule has 0 aromatic heterocycles. The lowest BCUT2D eigenvalue weighted by atomic mass is 10.1. The van der Waals surface area contributed by atoms with Crippen molar-refractivity contribution in [1.82, 2.24) is 10.2 Å². The molecule has 26 heavy (non-hydrogen) atoms. The van der Waals surface area contributed by atoms with Gasteiger partial charge in [0.1, 0.15) is 18.2 Å². The molecule has 148 valence electrons. The molecule has 1 atom stereocenters. The molecule has 1 N–H and O–H groups in total. The molecule has 5 nitrogen and oxygen atoms in total. The van der Waals surface area contributed by atoms with Crippen LogP contribution in [0.3, 0.4) is 0 Å². The maximum absolute atomic E-state index is 14.0. The first kappa shape index (κ1) is 22.5. The fourth-order valence-electron chi connectivity index (χ4n) is 2.88. The first-order chi connectivity index (χ1) is 12.2. The minimum atomic E-state index is -0.388. The third kappa shape index (κ3) is 6.65. The maximum atomic E-state index is 14.0. The number of piperazine rings is 1. The van der Waals surface area contributed by atoms with Crippen molar-refractivity contribution in [3.63, 3.8) is 0 Å². The van der Waals surface area contributed by atoms with E-state index in [2.05, 4.69) is 12.2 Å². The van der Waals surface area contributed by atoms with Gasteiger partial charge in [-0.1, -0.05) is 26.7 Å². The number of hydrogen-bond donors (Lipinski definition) is 1. The Morgan fingerprint density at radius 3 is 2.88 bits per heavy atom. The lowest BCUT2D eigenvalue weighted by molar-refractivity contribution is 0.0706. The van der Waals surface area contributed by atoms with Crippen LogP contribution in [0.2, 0.25) is 0 Å². The number of ether oxygens (including phenoxy) is 2. The predicted molar refractivity (Wildman–Crippen MR) is 103 cm³/mol. The molecule has 1 aromatic carbocycles. The molecule has 1 amide bonds. The number of rotatable bonds is 8. The second-order valence-electron chi connectivity index (χ2n) is 6.32. The fourth-order valence-corrected chi connectivity index (χ4v) is 2.88. The highest BCUT2D eigenvalue weighted by Crippen LogP contribution is 2.19. The summed E-state index contributed by atoms with van der Waals surface area (Å²) in [6.45, 7) is 6.82. The summed E-state index contributed by atoms with van der Waals surface area (Å²) in [6, 6.07) is 4.71. The zero-order chi connectivity index (χ0) is 18.1. The van der Waals surface area contributed by atoms with Crippen LogP contribution >= 0.6 is 12.4 Å². The molecular formula is C19H30ClFN2O3. The Morgan fingerprint density at radius 2 is 2.15 bits per heavy atom. The summed E-state index contributed by atoms with van der Waals surface area (Å²) in [7, 11) is 0. The summed E-state index contributed by atoms with van der Waals surface area (Å²) in [5.41, 5.74) is 0.338. The number of nitrogens with one attached hydrogen (secondary N) is 1. The van der Waals surface area contributed by atoms with Crippen molar-refractivity contribution < 1.29 is 18.7 Å². The van der Waals surface area contributed by atoms with Gasteiger partial charge >= 0.3 is 6.09 Å². The van der Waals surface area contributed by atoms with Gasteiger partial charge in [-0.25, -0.2) is 9.18 Å². The molecule has 0 radical (unpaired) electrons. The Kier molecular flexibility index (Phi) is 10.4. The number of amides is 1. The van der Waals surface area contributed by atoms with Gasteiger partial charge in [-0.3, -0.25) is 0 Å². The highest BCUT2D eigenvalue weighted by atomic mass is 35.5.